The first kappa shape index (κ1) is 13.8. The molecule has 0 bridgehead atoms. The fourth-order valence-corrected chi connectivity index (χ4v) is 2.11. The largest absolute Gasteiger partial charge is 0.495 e. The van der Waals surface area contributed by atoms with E-state index in [9.17, 15) is 9.90 Å². The van der Waals surface area contributed by atoms with Crippen LogP contribution in [0.3, 0.4) is 0 Å². The number of ether oxygens (including phenoxy) is 1. The molecule has 0 atom stereocenters. The summed E-state index contributed by atoms with van der Waals surface area (Å²) in [6, 6.07) is 14.3. The van der Waals surface area contributed by atoms with Gasteiger partial charge >= 0.3 is 5.97 Å². The third-order valence-electron chi connectivity index (χ3n) is 3.13. The molecule has 3 aromatic rings. The lowest BCUT2D eigenvalue weighted by Crippen LogP contribution is -2.08. The second-order valence-electron chi connectivity index (χ2n) is 4.54. The first-order valence-electron chi connectivity index (χ1n) is 6.59. The van der Waals surface area contributed by atoms with Crippen LogP contribution >= 0.6 is 0 Å². The first-order valence-corrected chi connectivity index (χ1v) is 6.59. The number of hydrogen-bond acceptors (Lipinski definition) is 5. The van der Waals surface area contributed by atoms with E-state index < -0.39 is 5.97 Å². The zero-order chi connectivity index (χ0) is 15.5. The quantitative estimate of drug-likeness (QED) is 0.769. The minimum atomic E-state index is -1.14. The number of benzene rings is 2. The topological polar surface area (TPSA) is 84.3 Å². The van der Waals surface area contributed by atoms with Gasteiger partial charge in [0.05, 0.1) is 23.8 Å². The van der Waals surface area contributed by atoms with Gasteiger partial charge in [0.2, 0.25) is 0 Å². The molecule has 0 saturated heterocycles. The molecule has 0 radical (unpaired) electrons. The molecule has 2 aromatic carbocycles. The van der Waals surface area contributed by atoms with E-state index >= 15 is 0 Å². The number of carboxylic acids is 1. The van der Waals surface area contributed by atoms with Gasteiger partial charge in [0.15, 0.2) is 11.5 Å². The van der Waals surface area contributed by atoms with Gasteiger partial charge in [-0.2, -0.15) is 0 Å². The first-order chi connectivity index (χ1) is 10.7. The Morgan fingerprint density at radius 1 is 1.05 bits per heavy atom. The van der Waals surface area contributed by atoms with Crippen LogP contribution in [0.1, 0.15) is 10.5 Å². The number of nitrogens with zero attached hydrogens (tertiary/aromatic N) is 2. The van der Waals surface area contributed by atoms with Crippen molar-refractivity contribution in [3.8, 4) is 5.75 Å². The molecule has 0 aliphatic rings. The van der Waals surface area contributed by atoms with Crippen LogP contribution in [0.4, 0.5) is 11.5 Å². The van der Waals surface area contributed by atoms with E-state index in [0.717, 1.165) is 0 Å². The normalized spacial score (nSPS) is 10.4. The van der Waals surface area contributed by atoms with Gasteiger partial charge < -0.3 is 15.2 Å². The van der Waals surface area contributed by atoms with E-state index in [0.29, 0.717) is 22.5 Å². The summed E-state index contributed by atoms with van der Waals surface area (Å²) >= 11 is 0. The maximum atomic E-state index is 11.4. The Labute approximate surface area is 126 Å². The Morgan fingerprint density at radius 3 is 2.36 bits per heavy atom. The van der Waals surface area contributed by atoms with Gasteiger partial charge in [-0.1, -0.05) is 24.3 Å². The number of carboxylic acid groups (broad SMARTS) is 1. The second kappa shape index (κ2) is 5.69. The van der Waals surface area contributed by atoms with E-state index in [1.54, 1.807) is 37.4 Å². The molecule has 0 aliphatic heterocycles. The molecule has 0 spiro atoms. The Morgan fingerprint density at radius 2 is 1.68 bits per heavy atom. The second-order valence-corrected chi connectivity index (χ2v) is 4.54. The van der Waals surface area contributed by atoms with Crippen molar-refractivity contribution in [2.24, 2.45) is 0 Å². The van der Waals surface area contributed by atoms with Crippen molar-refractivity contribution in [1.82, 2.24) is 9.97 Å². The monoisotopic (exact) mass is 295 g/mol. The average molecular weight is 295 g/mol. The van der Waals surface area contributed by atoms with Crippen LogP contribution in [0.2, 0.25) is 0 Å². The van der Waals surface area contributed by atoms with Crippen molar-refractivity contribution in [1.29, 1.82) is 0 Å². The Hall–Kier alpha value is -3.15. The summed E-state index contributed by atoms with van der Waals surface area (Å²) < 4.78 is 5.25. The molecule has 6 heteroatoms. The van der Waals surface area contributed by atoms with Crippen molar-refractivity contribution in [3.05, 3.63) is 54.2 Å². The smallest absolute Gasteiger partial charge is 0.358 e. The van der Waals surface area contributed by atoms with E-state index in [4.69, 9.17) is 4.74 Å². The number of fused-ring (bicyclic) bond motifs is 1. The molecule has 22 heavy (non-hydrogen) atoms. The summed E-state index contributed by atoms with van der Waals surface area (Å²) in [6.07, 6.45) is 0. The molecule has 0 amide bonds. The Bertz CT molecular complexity index is 849. The summed E-state index contributed by atoms with van der Waals surface area (Å²) in [5.41, 5.74) is 1.64. The zero-order valence-electron chi connectivity index (χ0n) is 11.8. The van der Waals surface area contributed by atoms with E-state index in [2.05, 4.69) is 15.3 Å². The van der Waals surface area contributed by atoms with Crippen LogP contribution < -0.4 is 10.1 Å². The minimum Gasteiger partial charge on any atom is -0.495 e. The highest BCUT2D eigenvalue weighted by atomic mass is 16.5. The van der Waals surface area contributed by atoms with Crippen LogP contribution in [-0.2, 0) is 0 Å². The van der Waals surface area contributed by atoms with Crippen LogP contribution in [0.15, 0.2) is 48.5 Å². The van der Waals surface area contributed by atoms with Crippen LogP contribution in [0.5, 0.6) is 5.75 Å². The highest BCUT2D eigenvalue weighted by Gasteiger charge is 2.16. The molecule has 1 aromatic heterocycles. The van der Waals surface area contributed by atoms with Crippen molar-refractivity contribution in [3.63, 3.8) is 0 Å². The van der Waals surface area contributed by atoms with Gasteiger partial charge in [-0.3, -0.25) is 0 Å². The third-order valence-corrected chi connectivity index (χ3v) is 3.13. The van der Waals surface area contributed by atoms with Gasteiger partial charge in [-0.15, -0.1) is 0 Å². The number of methoxy groups -OCH3 is 1. The Balaban J connectivity index is 2.12. The summed E-state index contributed by atoms with van der Waals surface area (Å²) in [4.78, 5) is 20.0. The maximum Gasteiger partial charge on any atom is 0.358 e. The number of aromatic carboxylic acids is 1. The Kier molecular flexibility index (Phi) is 3.57. The summed E-state index contributed by atoms with van der Waals surface area (Å²) in [5, 5.41) is 12.3. The van der Waals surface area contributed by atoms with Crippen molar-refractivity contribution >= 4 is 28.5 Å². The van der Waals surface area contributed by atoms with Gasteiger partial charge in [0, 0.05) is 0 Å². The number of carbonyl (C=O) groups is 1. The number of hydrogen-bond donors (Lipinski definition) is 2. The van der Waals surface area contributed by atoms with Crippen molar-refractivity contribution < 1.29 is 14.6 Å². The molecule has 3 rings (SSSR count). The van der Waals surface area contributed by atoms with E-state index in [-0.39, 0.29) is 11.5 Å². The van der Waals surface area contributed by atoms with E-state index in [1.807, 2.05) is 18.2 Å². The van der Waals surface area contributed by atoms with Gasteiger partial charge in [0.1, 0.15) is 5.75 Å². The SMILES string of the molecule is COc1ccccc1Nc1nc2ccccc2nc1C(=O)O. The minimum absolute atomic E-state index is 0.135. The summed E-state index contributed by atoms with van der Waals surface area (Å²) in [7, 11) is 1.55. The number of anilines is 2. The molecular formula is C16H13N3O3. The van der Waals surface area contributed by atoms with E-state index in [1.165, 1.54) is 0 Å². The molecular weight excluding hydrogens is 282 g/mol. The predicted octanol–water partition coefficient (Wildman–Crippen LogP) is 3.08. The molecule has 0 unspecified atom stereocenters. The number of rotatable bonds is 4. The van der Waals surface area contributed by atoms with Gasteiger partial charge in [0.25, 0.3) is 0 Å². The molecule has 0 saturated carbocycles. The standard InChI is InChI=1S/C16H13N3O3/c1-22-13-9-5-4-8-12(13)19-15-14(16(20)21)17-10-6-2-3-7-11(10)18-15/h2-9H,1H3,(H,18,19)(H,20,21). The summed E-state index contributed by atoms with van der Waals surface area (Å²) in [5.74, 6) is -0.375. The molecule has 0 fully saturated rings. The molecule has 6 nitrogen and oxygen atoms in total. The highest BCUT2D eigenvalue weighted by molar-refractivity contribution is 5.95. The molecule has 110 valence electrons. The fraction of sp³-hybridized carbons (Fsp3) is 0.0625. The highest BCUT2D eigenvalue weighted by Crippen LogP contribution is 2.28. The van der Waals surface area contributed by atoms with Gasteiger partial charge in [-0.25, -0.2) is 14.8 Å². The number of para-hydroxylation sites is 4. The lowest BCUT2D eigenvalue weighted by molar-refractivity contribution is 0.0692. The lowest BCUT2D eigenvalue weighted by Gasteiger charge is -2.12. The zero-order valence-corrected chi connectivity index (χ0v) is 11.8. The van der Waals surface area contributed by atoms with Crippen LogP contribution in [0, 0.1) is 0 Å². The van der Waals surface area contributed by atoms with Gasteiger partial charge in [-0.05, 0) is 24.3 Å². The van der Waals surface area contributed by atoms with Crippen molar-refractivity contribution in [2.45, 2.75) is 0 Å². The van der Waals surface area contributed by atoms with Crippen molar-refractivity contribution in [2.75, 3.05) is 12.4 Å². The number of nitrogens with one attached hydrogen (secondary N) is 1. The molecule has 2 N–H and O–H groups in total. The van der Waals surface area contributed by atoms with Crippen LogP contribution in [0.25, 0.3) is 11.0 Å². The fourth-order valence-electron chi connectivity index (χ4n) is 2.11. The maximum absolute atomic E-state index is 11.4. The number of aromatic nitrogens is 2. The lowest BCUT2D eigenvalue weighted by atomic mass is 10.2. The predicted molar refractivity (Wildman–Crippen MR) is 82.8 cm³/mol. The third kappa shape index (κ3) is 2.54. The molecule has 1 heterocycles. The molecule has 0 aliphatic carbocycles. The summed E-state index contributed by atoms with van der Waals surface area (Å²) in [6.45, 7) is 0. The average Bonchev–Trinajstić information content (AvgIpc) is 2.54. The van der Waals surface area contributed by atoms with Crippen LogP contribution in [-0.4, -0.2) is 28.2 Å².